The van der Waals surface area contributed by atoms with Crippen LogP contribution in [0.1, 0.15) is 46.0 Å². The number of carbonyl (C=O) groups excluding carboxylic acids is 1. The molecule has 1 aliphatic carbocycles. The van der Waals surface area contributed by atoms with E-state index in [1.165, 1.54) is 40.8 Å². The van der Waals surface area contributed by atoms with E-state index in [2.05, 4.69) is 57.5 Å². The Kier molecular flexibility index (Phi) is 6.75. The molecular weight excluding hydrogens is 460 g/mol. The molecule has 7 heteroatoms. The van der Waals surface area contributed by atoms with Crippen LogP contribution in [0.3, 0.4) is 0 Å². The molecule has 2 heterocycles. The number of nitrogens with one attached hydrogen (secondary N) is 2. The van der Waals surface area contributed by atoms with Gasteiger partial charge < -0.3 is 9.72 Å². The number of hydrogen-bond acceptors (Lipinski definition) is 4. The highest BCUT2D eigenvalue weighted by atomic mass is 35.5. The van der Waals surface area contributed by atoms with Crippen LogP contribution in [0.15, 0.2) is 54.9 Å². The molecular formula is C28H29ClN4O2. The fourth-order valence-corrected chi connectivity index (χ4v) is 5.23. The summed E-state index contributed by atoms with van der Waals surface area (Å²) in [6, 6.07) is 12.9. The van der Waals surface area contributed by atoms with E-state index >= 15 is 0 Å². The number of ether oxygens (including phenoxy) is 1. The van der Waals surface area contributed by atoms with E-state index in [4.69, 9.17) is 16.3 Å². The SMILES string of the molecule is COC(=O)C=Cc1ccc2c(c1)CCC2N(CCc1c[nH]c2cc(Cl)ccc12)Cc1cn[nH]c1C. The molecule has 2 aromatic heterocycles. The van der Waals surface area contributed by atoms with E-state index < -0.39 is 0 Å². The molecule has 2 aromatic carbocycles. The second-order valence-corrected chi connectivity index (χ2v) is 9.55. The third-order valence-corrected chi connectivity index (χ3v) is 7.21. The predicted octanol–water partition coefficient (Wildman–Crippen LogP) is 5.77. The quantitative estimate of drug-likeness (QED) is 0.244. The van der Waals surface area contributed by atoms with Gasteiger partial charge in [0.1, 0.15) is 0 Å². The molecule has 0 fully saturated rings. The first-order valence-corrected chi connectivity index (χ1v) is 12.3. The van der Waals surface area contributed by atoms with Crippen molar-refractivity contribution in [3.05, 3.63) is 93.4 Å². The maximum Gasteiger partial charge on any atom is 0.330 e. The van der Waals surface area contributed by atoms with E-state index in [1.807, 2.05) is 24.4 Å². The number of aromatic nitrogens is 3. The summed E-state index contributed by atoms with van der Waals surface area (Å²) in [6.07, 6.45) is 10.3. The van der Waals surface area contributed by atoms with Gasteiger partial charge in [-0.25, -0.2) is 4.79 Å². The van der Waals surface area contributed by atoms with Gasteiger partial charge in [-0.3, -0.25) is 10.00 Å². The Bertz CT molecular complexity index is 1390. The molecule has 35 heavy (non-hydrogen) atoms. The minimum absolute atomic E-state index is 0.331. The summed E-state index contributed by atoms with van der Waals surface area (Å²) in [6.45, 7) is 3.84. The summed E-state index contributed by atoms with van der Waals surface area (Å²) in [5, 5.41) is 9.29. The summed E-state index contributed by atoms with van der Waals surface area (Å²) < 4.78 is 4.71. The largest absolute Gasteiger partial charge is 0.466 e. The fraction of sp³-hybridized carbons (Fsp3) is 0.286. The Morgan fingerprint density at radius 1 is 1.26 bits per heavy atom. The molecule has 1 aliphatic rings. The standard InChI is InChI=1S/C28H29ClN4O2/c1-18-22(16-31-32-18)17-33(12-11-21-15-30-26-14-23(29)6-8-24(21)26)27-9-5-20-13-19(3-7-25(20)27)4-10-28(34)35-2/h3-4,6-8,10,13-16,27,30H,5,9,11-12,17H2,1-2H3,(H,31,32). The lowest BCUT2D eigenvalue weighted by Gasteiger charge is -2.29. The van der Waals surface area contributed by atoms with E-state index in [0.29, 0.717) is 6.04 Å². The molecule has 0 aliphatic heterocycles. The molecule has 6 nitrogen and oxygen atoms in total. The third kappa shape index (κ3) is 5.04. The van der Waals surface area contributed by atoms with Crippen molar-refractivity contribution < 1.29 is 9.53 Å². The predicted molar refractivity (Wildman–Crippen MR) is 139 cm³/mol. The lowest BCUT2D eigenvalue weighted by atomic mass is 10.0. The highest BCUT2D eigenvalue weighted by Gasteiger charge is 2.28. The van der Waals surface area contributed by atoms with E-state index in [0.717, 1.165) is 54.1 Å². The third-order valence-electron chi connectivity index (χ3n) is 6.97. The Morgan fingerprint density at radius 3 is 2.94 bits per heavy atom. The molecule has 180 valence electrons. The Hall–Kier alpha value is -3.35. The van der Waals surface area contributed by atoms with E-state index in [9.17, 15) is 4.79 Å². The number of halogens is 1. The molecule has 2 N–H and O–H groups in total. The second-order valence-electron chi connectivity index (χ2n) is 9.11. The van der Waals surface area contributed by atoms with Crippen molar-refractivity contribution in [2.75, 3.05) is 13.7 Å². The molecule has 0 saturated heterocycles. The van der Waals surface area contributed by atoms with Crippen LogP contribution >= 0.6 is 11.6 Å². The Morgan fingerprint density at radius 2 is 2.14 bits per heavy atom. The zero-order valence-corrected chi connectivity index (χ0v) is 20.7. The number of hydrogen-bond donors (Lipinski definition) is 2. The van der Waals surface area contributed by atoms with Crippen molar-refractivity contribution in [3.8, 4) is 0 Å². The average Bonchev–Trinajstić information content (AvgIpc) is 3.58. The number of esters is 1. The minimum atomic E-state index is -0.343. The highest BCUT2D eigenvalue weighted by molar-refractivity contribution is 6.31. The zero-order valence-electron chi connectivity index (χ0n) is 20.0. The van der Waals surface area contributed by atoms with Crippen LogP contribution in [0, 0.1) is 6.92 Å². The molecule has 0 amide bonds. The molecule has 5 rings (SSSR count). The number of nitrogens with zero attached hydrogens (tertiary/aromatic N) is 2. The summed E-state index contributed by atoms with van der Waals surface area (Å²) in [4.78, 5) is 17.4. The van der Waals surface area contributed by atoms with Crippen molar-refractivity contribution in [1.82, 2.24) is 20.1 Å². The van der Waals surface area contributed by atoms with Gasteiger partial charge in [-0.2, -0.15) is 5.10 Å². The number of H-pyrrole nitrogens is 2. The van der Waals surface area contributed by atoms with Gasteiger partial charge in [0.25, 0.3) is 0 Å². The number of fused-ring (bicyclic) bond motifs is 2. The van der Waals surface area contributed by atoms with Crippen LogP contribution in [-0.4, -0.2) is 39.7 Å². The number of methoxy groups -OCH3 is 1. The number of carbonyl (C=O) groups is 1. The molecule has 0 saturated carbocycles. The number of rotatable bonds is 8. The van der Waals surface area contributed by atoms with Gasteiger partial charge in [-0.05, 0) is 66.6 Å². The summed E-state index contributed by atoms with van der Waals surface area (Å²) in [7, 11) is 1.39. The maximum atomic E-state index is 11.5. The van der Waals surface area contributed by atoms with Gasteiger partial charge >= 0.3 is 5.97 Å². The molecule has 1 unspecified atom stereocenters. The number of aryl methyl sites for hydroxylation is 2. The van der Waals surface area contributed by atoms with Crippen molar-refractivity contribution in [2.24, 2.45) is 0 Å². The van der Waals surface area contributed by atoms with E-state index in [1.54, 1.807) is 0 Å². The Balaban J connectivity index is 1.39. The van der Waals surface area contributed by atoms with Gasteiger partial charge in [0.2, 0.25) is 0 Å². The summed E-state index contributed by atoms with van der Waals surface area (Å²) in [5.74, 6) is -0.343. The maximum absolute atomic E-state index is 11.5. The first kappa shape index (κ1) is 23.4. The first-order valence-electron chi connectivity index (χ1n) is 11.9. The van der Waals surface area contributed by atoms with Crippen molar-refractivity contribution in [1.29, 1.82) is 0 Å². The van der Waals surface area contributed by atoms with Crippen LogP contribution in [-0.2, 0) is 28.9 Å². The van der Waals surface area contributed by atoms with Crippen molar-refractivity contribution in [3.63, 3.8) is 0 Å². The lowest BCUT2D eigenvalue weighted by molar-refractivity contribution is -0.134. The van der Waals surface area contributed by atoms with Crippen molar-refractivity contribution >= 4 is 34.5 Å². The van der Waals surface area contributed by atoms with Crippen LogP contribution in [0.2, 0.25) is 5.02 Å². The van der Waals surface area contributed by atoms with Gasteiger partial charge in [0.15, 0.2) is 0 Å². The van der Waals surface area contributed by atoms with Gasteiger partial charge in [-0.15, -0.1) is 0 Å². The van der Waals surface area contributed by atoms with Crippen molar-refractivity contribution in [2.45, 2.75) is 38.8 Å². The minimum Gasteiger partial charge on any atom is -0.466 e. The summed E-state index contributed by atoms with van der Waals surface area (Å²) >= 11 is 6.17. The smallest absolute Gasteiger partial charge is 0.330 e. The van der Waals surface area contributed by atoms with Gasteiger partial charge in [0, 0.05) is 58.6 Å². The average molecular weight is 489 g/mol. The number of aromatic amines is 2. The van der Waals surface area contributed by atoms with Gasteiger partial charge in [0.05, 0.1) is 13.3 Å². The van der Waals surface area contributed by atoms with Crippen LogP contribution < -0.4 is 0 Å². The number of benzene rings is 2. The van der Waals surface area contributed by atoms with Crippen LogP contribution in [0.4, 0.5) is 0 Å². The van der Waals surface area contributed by atoms with Gasteiger partial charge in [-0.1, -0.05) is 35.9 Å². The fourth-order valence-electron chi connectivity index (χ4n) is 5.06. The van der Waals surface area contributed by atoms with Crippen LogP contribution in [0.25, 0.3) is 17.0 Å². The summed E-state index contributed by atoms with van der Waals surface area (Å²) in [5.41, 5.74) is 8.44. The first-order chi connectivity index (χ1) is 17.0. The van der Waals surface area contributed by atoms with Crippen LogP contribution in [0.5, 0.6) is 0 Å². The Labute approximate surface area is 209 Å². The molecule has 0 radical (unpaired) electrons. The second kappa shape index (κ2) is 10.1. The normalized spacial score (nSPS) is 15.4. The monoisotopic (exact) mass is 488 g/mol. The molecule has 4 aromatic rings. The van der Waals surface area contributed by atoms with E-state index in [-0.39, 0.29) is 5.97 Å². The molecule has 0 spiro atoms. The highest BCUT2D eigenvalue weighted by Crippen LogP contribution is 2.38. The molecule has 0 bridgehead atoms. The topological polar surface area (TPSA) is 74.0 Å². The molecule has 1 atom stereocenters. The zero-order chi connectivity index (χ0) is 24.4. The lowest BCUT2D eigenvalue weighted by Crippen LogP contribution is -2.29.